The van der Waals surface area contributed by atoms with Gasteiger partial charge in [0.2, 0.25) is 5.91 Å². The van der Waals surface area contributed by atoms with Crippen LogP contribution < -0.4 is 10.1 Å². The van der Waals surface area contributed by atoms with Gasteiger partial charge in [-0.05, 0) is 57.4 Å². The molecule has 1 N–H and O–H groups in total. The van der Waals surface area contributed by atoms with Crippen LogP contribution in [0.3, 0.4) is 0 Å². The molecular weight excluding hydrogens is 276 g/mol. The first-order valence-corrected chi connectivity index (χ1v) is 8.33. The van der Waals surface area contributed by atoms with E-state index in [1.54, 1.807) is 0 Å². The minimum absolute atomic E-state index is 0.288. The molecule has 0 aliphatic carbocycles. The molecule has 1 saturated heterocycles. The van der Waals surface area contributed by atoms with Gasteiger partial charge in [-0.1, -0.05) is 12.1 Å². The highest BCUT2D eigenvalue weighted by Gasteiger charge is 2.21. The second-order valence-electron chi connectivity index (χ2n) is 6.09. The lowest BCUT2D eigenvalue weighted by atomic mass is 10.1. The minimum Gasteiger partial charge on any atom is -0.494 e. The molecule has 1 fully saturated rings. The number of carbonyl (C=O) groups is 1. The predicted molar refractivity (Wildman–Crippen MR) is 89.2 cm³/mol. The molecule has 1 amide bonds. The van der Waals surface area contributed by atoms with E-state index in [4.69, 9.17) is 4.74 Å². The maximum absolute atomic E-state index is 12.2. The highest BCUT2D eigenvalue weighted by atomic mass is 16.5. The first kappa shape index (κ1) is 16.8. The van der Waals surface area contributed by atoms with E-state index in [0.29, 0.717) is 19.1 Å². The van der Waals surface area contributed by atoms with Gasteiger partial charge in [0, 0.05) is 25.6 Å². The van der Waals surface area contributed by atoms with E-state index in [-0.39, 0.29) is 5.91 Å². The molecule has 1 aromatic carbocycles. The van der Waals surface area contributed by atoms with Gasteiger partial charge in [-0.2, -0.15) is 0 Å². The van der Waals surface area contributed by atoms with E-state index >= 15 is 0 Å². The summed E-state index contributed by atoms with van der Waals surface area (Å²) in [4.78, 5) is 14.2. The van der Waals surface area contributed by atoms with Crippen molar-refractivity contribution in [1.82, 2.24) is 10.2 Å². The van der Waals surface area contributed by atoms with Crippen LogP contribution in [0.15, 0.2) is 24.3 Å². The average Bonchev–Trinajstić information content (AvgIpc) is 2.54. The number of ether oxygens (including phenoxy) is 1. The number of aryl methyl sites for hydroxylation is 1. The predicted octanol–water partition coefficient (Wildman–Crippen LogP) is 2.75. The Morgan fingerprint density at radius 2 is 2.27 bits per heavy atom. The summed E-state index contributed by atoms with van der Waals surface area (Å²) < 4.78 is 5.71. The zero-order valence-corrected chi connectivity index (χ0v) is 13.8. The summed E-state index contributed by atoms with van der Waals surface area (Å²) >= 11 is 0. The summed E-state index contributed by atoms with van der Waals surface area (Å²) in [6, 6.07) is 8.54. The monoisotopic (exact) mass is 304 g/mol. The van der Waals surface area contributed by atoms with Gasteiger partial charge < -0.3 is 15.0 Å². The van der Waals surface area contributed by atoms with Crippen molar-refractivity contribution in [3.8, 4) is 5.75 Å². The summed E-state index contributed by atoms with van der Waals surface area (Å²) in [6.07, 6.45) is 4.72. The molecule has 1 heterocycles. The lowest BCUT2D eigenvalue weighted by Crippen LogP contribution is -2.46. The molecule has 22 heavy (non-hydrogen) atoms. The number of unbranched alkanes of at least 4 members (excludes halogenated alkanes) is 1. The molecule has 1 aromatic rings. The number of hydrogen-bond acceptors (Lipinski definition) is 3. The number of likely N-dealkylation sites (tertiary alicyclic amines) is 1. The fourth-order valence-electron chi connectivity index (χ4n) is 2.87. The average molecular weight is 304 g/mol. The van der Waals surface area contributed by atoms with E-state index < -0.39 is 0 Å². The number of carbonyl (C=O) groups excluding carboxylic acids is 1. The van der Waals surface area contributed by atoms with Crippen molar-refractivity contribution in [2.45, 2.75) is 45.1 Å². The van der Waals surface area contributed by atoms with E-state index in [1.165, 1.54) is 12.0 Å². The first-order chi connectivity index (χ1) is 10.7. The number of benzene rings is 1. The number of nitrogens with zero attached hydrogens (tertiary/aromatic N) is 1. The second-order valence-corrected chi connectivity index (χ2v) is 6.09. The highest BCUT2D eigenvalue weighted by molar-refractivity contribution is 5.76. The van der Waals surface area contributed by atoms with Crippen LogP contribution >= 0.6 is 0 Å². The largest absolute Gasteiger partial charge is 0.494 e. The van der Waals surface area contributed by atoms with Gasteiger partial charge in [0.25, 0.3) is 0 Å². The summed E-state index contributed by atoms with van der Waals surface area (Å²) in [5, 5.41) is 3.27. The van der Waals surface area contributed by atoms with Crippen LogP contribution in [0.2, 0.25) is 0 Å². The number of likely N-dealkylation sites (N-methyl/N-ethyl adjacent to an activating group) is 1. The molecule has 4 heteroatoms. The van der Waals surface area contributed by atoms with Crippen LogP contribution in [0, 0.1) is 6.92 Å². The molecule has 0 saturated carbocycles. The van der Waals surface area contributed by atoms with Crippen LogP contribution in [0.4, 0.5) is 0 Å². The third kappa shape index (κ3) is 5.34. The van der Waals surface area contributed by atoms with Gasteiger partial charge in [0.15, 0.2) is 0 Å². The Hall–Kier alpha value is -1.55. The fourth-order valence-corrected chi connectivity index (χ4v) is 2.87. The molecule has 0 spiro atoms. The van der Waals surface area contributed by atoms with Crippen molar-refractivity contribution < 1.29 is 9.53 Å². The van der Waals surface area contributed by atoms with E-state index in [9.17, 15) is 4.79 Å². The molecule has 0 radical (unpaired) electrons. The fraction of sp³-hybridized carbons (Fsp3) is 0.611. The lowest BCUT2D eigenvalue weighted by molar-refractivity contribution is -0.132. The Balaban J connectivity index is 1.61. The van der Waals surface area contributed by atoms with E-state index in [0.717, 1.165) is 38.1 Å². The van der Waals surface area contributed by atoms with Gasteiger partial charge >= 0.3 is 0 Å². The number of rotatable bonds is 7. The summed E-state index contributed by atoms with van der Waals surface area (Å²) in [5.41, 5.74) is 1.21. The second kappa shape index (κ2) is 8.79. The van der Waals surface area contributed by atoms with Crippen LogP contribution in [-0.4, -0.2) is 43.6 Å². The smallest absolute Gasteiger partial charge is 0.222 e. The molecule has 1 aliphatic heterocycles. The van der Waals surface area contributed by atoms with Crippen molar-refractivity contribution >= 4 is 5.91 Å². The molecule has 1 unspecified atom stereocenters. The van der Waals surface area contributed by atoms with Crippen LogP contribution in [0.25, 0.3) is 0 Å². The molecule has 0 bridgehead atoms. The Kier molecular flexibility index (Phi) is 6.72. The molecular formula is C18H28N2O2. The normalized spacial score (nSPS) is 18.3. The molecule has 122 valence electrons. The zero-order chi connectivity index (χ0) is 15.8. The van der Waals surface area contributed by atoms with Crippen molar-refractivity contribution in [2.75, 3.05) is 26.7 Å². The summed E-state index contributed by atoms with van der Waals surface area (Å²) in [7, 11) is 1.97. The maximum atomic E-state index is 12.2. The molecule has 4 nitrogen and oxygen atoms in total. The minimum atomic E-state index is 0.288. The van der Waals surface area contributed by atoms with Crippen molar-refractivity contribution in [3.63, 3.8) is 0 Å². The molecule has 0 aromatic heterocycles. The Morgan fingerprint density at radius 1 is 1.41 bits per heavy atom. The number of hydrogen-bond donors (Lipinski definition) is 1. The zero-order valence-electron chi connectivity index (χ0n) is 13.8. The van der Waals surface area contributed by atoms with Crippen molar-refractivity contribution in [2.24, 2.45) is 0 Å². The first-order valence-electron chi connectivity index (χ1n) is 8.33. The van der Waals surface area contributed by atoms with E-state index in [1.807, 2.05) is 30.1 Å². The highest BCUT2D eigenvalue weighted by Crippen LogP contribution is 2.14. The Bertz CT molecular complexity index is 476. The molecule has 1 atom stereocenters. The summed E-state index contributed by atoms with van der Waals surface area (Å²) in [6.45, 7) is 4.50. The SMILES string of the molecule is CNC1CCCN(C(=O)CCCCOc2cccc(C)c2)C1. The van der Waals surface area contributed by atoms with Gasteiger partial charge in [-0.25, -0.2) is 0 Å². The van der Waals surface area contributed by atoms with Gasteiger partial charge in [0.05, 0.1) is 6.61 Å². The maximum Gasteiger partial charge on any atom is 0.222 e. The quantitative estimate of drug-likeness (QED) is 0.788. The van der Waals surface area contributed by atoms with Crippen LogP contribution in [0.1, 0.15) is 37.7 Å². The van der Waals surface area contributed by atoms with Crippen LogP contribution in [0.5, 0.6) is 5.75 Å². The Labute approximate surface area is 133 Å². The van der Waals surface area contributed by atoms with Gasteiger partial charge in [-0.3, -0.25) is 4.79 Å². The number of amides is 1. The van der Waals surface area contributed by atoms with Gasteiger partial charge in [-0.15, -0.1) is 0 Å². The third-order valence-electron chi connectivity index (χ3n) is 4.23. The third-order valence-corrected chi connectivity index (χ3v) is 4.23. The number of nitrogens with one attached hydrogen (secondary N) is 1. The van der Waals surface area contributed by atoms with E-state index in [2.05, 4.69) is 18.3 Å². The summed E-state index contributed by atoms with van der Waals surface area (Å²) in [5.74, 6) is 1.20. The number of piperidine rings is 1. The van der Waals surface area contributed by atoms with Crippen molar-refractivity contribution in [1.29, 1.82) is 0 Å². The molecule has 1 aliphatic rings. The standard InChI is InChI=1S/C18H28N2O2/c1-15-7-5-9-17(13-15)22-12-4-3-10-18(21)20-11-6-8-16(14-20)19-2/h5,7,9,13,16,19H,3-4,6,8,10-12,14H2,1-2H3. The van der Waals surface area contributed by atoms with Crippen LogP contribution in [-0.2, 0) is 4.79 Å². The lowest BCUT2D eigenvalue weighted by Gasteiger charge is -2.32. The molecule has 2 rings (SSSR count). The Morgan fingerprint density at radius 3 is 3.05 bits per heavy atom. The topological polar surface area (TPSA) is 41.6 Å². The van der Waals surface area contributed by atoms with Gasteiger partial charge in [0.1, 0.15) is 5.75 Å². The van der Waals surface area contributed by atoms with Crippen molar-refractivity contribution in [3.05, 3.63) is 29.8 Å².